The fourth-order valence-corrected chi connectivity index (χ4v) is 3.85. The van der Waals surface area contributed by atoms with Crippen LogP contribution in [-0.2, 0) is 39.5 Å². The van der Waals surface area contributed by atoms with Crippen molar-refractivity contribution in [3.05, 3.63) is 29.3 Å². The lowest BCUT2D eigenvalue weighted by atomic mass is 9.81. The zero-order valence-corrected chi connectivity index (χ0v) is 25.7. The lowest BCUT2D eigenvalue weighted by Crippen LogP contribution is -2.53. The molecule has 0 aliphatic rings. The summed E-state index contributed by atoms with van der Waals surface area (Å²) in [5.41, 5.74) is 1.14. The maximum atomic E-state index is 12.8. The molecule has 1 aromatic carbocycles. The van der Waals surface area contributed by atoms with Gasteiger partial charge in [0, 0.05) is 5.69 Å². The molecule has 2 atom stereocenters. The molecule has 0 aliphatic carbocycles. The number of ketones is 1. The number of hydrogen-bond donors (Lipinski definition) is 3. The molecule has 0 saturated heterocycles. The standard InChI is InChI=1S/C28H42BrN3O6/c1-16(23(35)32-20(21(33)15-29)14-22(34)38-28(8,9)10)30-24(36)25(37)31-19-13-17(26(2,3)4)11-12-18(19)27(5,6)7/h11-13,16,20H,14-15H2,1-10H3,(H,30,36)(H,31,37)(H,32,35)/t16-,20-/m0/s1. The molecule has 0 aliphatic heterocycles. The zero-order valence-electron chi connectivity index (χ0n) is 24.1. The second-order valence-electron chi connectivity index (χ2n) is 12.4. The van der Waals surface area contributed by atoms with Crippen molar-refractivity contribution >= 4 is 51.1 Å². The molecule has 3 N–H and O–H groups in total. The maximum Gasteiger partial charge on any atom is 0.313 e. The first kappa shape index (κ1) is 33.3. The molecule has 0 saturated carbocycles. The van der Waals surface area contributed by atoms with E-state index in [4.69, 9.17) is 4.74 Å². The SMILES string of the molecule is C[C@H](NC(=O)C(=O)Nc1cc(C(C)(C)C)ccc1C(C)(C)C)C(=O)N[C@@H](CC(=O)OC(C)(C)C)C(=O)CBr. The highest BCUT2D eigenvalue weighted by Gasteiger charge is 2.30. The average Bonchev–Trinajstić information content (AvgIpc) is 2.75. The van der Waals surface area contributed by atoms with Crippen LogP contribution in [0.25, 0.3) is 0 Å². The van der Waals surface area contributed by atoms with Crippen molar-refractivity contribution in [2.75, 3.05) is 10.6 Å². The third-order valence-electron chi connectivity index (χ3n) is 5.52. The Morgan fingerprint density at radius 3 is 1.92 bits per heavy atom. The summed E-state index contributed by atoms with van der Waals surface area (Å²) in [5.74, 6) is -3.75. The van der Waals surface area contributed by atoms with Crippen LogP contribution in [0.1, 0.15) is 86.8 Å². The largest absolute Gasteiger partial charge is 0.460 e. The Kier molecular flexibility index (Phi) is 11.3. The zero-order chi connectivity index (χ0) is 29.6. The third kappa shape index (κ3) is 10.6. The van der Waals surface area contributed by atoms with Gasteiger partial charge in [0.05, 0.1) is 17.8 Å². The summed E-state index contributed by atoms with van der Waals surface area (Å²) >= 11 is 3.05. The molecule has 0 heterocycles. The molecule has 1 rings (SSSR count). The highest BCUT2D eigenvalue weighted by molar-refractivity contribution is 9.09. The van der Waals surface area contributed by atoms with Crippen molar-refractivity contribution in [3.8, 4) is 0 Å². The van der Waals surface area contributed by atoms with Crippen molar-refractivity contribution < 1.29 is 28.7 Å². The van der Waals surface area contributed by atoms with Crippen LogP contribution in [0.3, 0.4) is 0 Å². The van der Waals surface area contributed by atoms with E-state index in [1.807, 2.05) is 59.7 Å². The van der Waals surface area contributed by atoms with E-state index in [9.17, 15) is 24.0 Å². The Morgan fingerprint density at radius 2 is 1.45 bits per heavy atom. The number of carbonyl (C=O) groups is 5. The minimum atomic E-state index is -1.15. The molecule has 9 nitrogen and oxygen atoms in total. The third-order valence-corrected chi connectivity index (χ3v) is 6.07. The summed E-state index contributed by atoms with van der Waals surface area (Å²) in [6, 6.07) is 3.50. The summed E-state index contributed by atoms with van der Waals surface area (Å²) in [5, 5.41) is 7.42. The van der Waals surface area contributed by atoms with E-state index in [0.29, 0.717) is 5.69 Å². The summed E-state index contributed by atoms with van der Waals surface area (Å²) in [7, 11) is 0. The molecule has 0 unspecified atom stereocenters. The van der Waals surface area contributed by atoms with Gasteiger partial charge in [-0.05, 0) is 55.7 Å². The molecule has 0 fully saturated rings. The van der Waals surface area contributed by atoms with Gasteiger partial charge < -0.3 is 20.7 Å². The van der Waals surface area contributed by atoms with E-state index in [2.05, 4.69) is 31.9 Å². The molecular weight excluding hydrogens is 554 g/mol. The van der Waals surface area contributed by atoms with Crippen LogP contribution in [0.15, 0.2) is 18.2 Å². The minimum Gasteiger partial charge on any atom is -0.460 e. The monoisotopic (exact) mass is 595 g/mol. The summed E-state index contributed by atoms with van der Waals surface area (Å²) in [4.78, 5) is 62.7. The van der Waals surface area contributed by atoms with E-state index in [1.165, 1.54) is 6.92 Å². The maximum absolute atomic E-state index is 12.8. The van der Waals surface area contributed by atoms with Crippen LogP contribution in [0.5, 0.6) is 0 Å². The van der Waals surface area contributed by atoms with Crippen LogP contribution in [0, 0.1) is 0 Å². The number of rotatable bonds is 8. The van der Waals surface area contributed by atoms with Crippen LogP contribution < -0.4 is 16.0 Å². The van der Waals surface area contributed by atoms with Crippen molar-refractivity contribution in [3.63, 3.8) is 0 Å². The summed E-state index contributed by atoms with van der Waals surface area (Å²) < 4.78 is 5.24. The van der Waals surface area contributed by atoms with E-state index in [0.717, 1.165) is 11.1 Å². The van der Waals surface area contributed by atoms with Gasteiger partial charge in [-0.1, -0.05) is 69.6 Å². The lowest BCUT2D eigenvalue weighted by molar-refractivity contribution is -0.156. The van der Waals surface area contributed by atoms with E-state index in [-0.39, 0.29) is 22.6 Å². The fraction of sp³-hybridized carbons (Fsp3) is 0.607. The predicted molar refractivity (Wildman–Crippen MR) is 151 cm³/mol. The molecule has 212 valence electrons. The predicted octanol–water partition coefficient (Wildman–Crippen LogP) is 3.91. The smallest absolute Gasteiger partial charge is 0.313 e. The lowest BCUT2D eigenvalue weighted by Gasteiger charge is -2.27. The van der Waals surface area contributed by atoms with Gasteiger partial charge in [0.25, 0.3) is 0 Å². The molecular formula is C28H42BrN3O6. The van der Waals surface area contributed by atoms with Gasteiger partial charge in [-0.3, -0.25) is 24.0 Å². The Morgan fingerprint density at radius 1 is 0.868 bits per heavy atom. The summed E-state index contributed by atoms with van der Waals surface area (Å²) in [6.45, 7) is 18.6. The number of hydrogen-bond acceptors (Lipinski definition) is 6. The van der Waals surface area contributed by atoms with Crippen molar-refractivity contribution in [1.29, 1.82) is 0 Å². The normalized spacial score (nSPS) is 13.7. The van der Waals surface area contributed by atoms with E-state index < -0.39 is 47.2 Å². The first-order valence-corrected chi connectivity index (χ1v) is 13.7. The van der Waals surface area contributed by atoms with Gasteiger partial charge in [-0.15, -0.1) is 0 Å². The van der Waals surface area contributed by atoms with Gasteiger partial charge in [0.1, 0.15) is 11.6 Å². The molecule has 1 aromatic rings. The van der Waals surface area contributed by atoms with Gasteiger partial charge in [-0.25, -0.2) is 0 Å². The van der Waals surface area contributed by atoms with Gasteiger partial charge in [0.2, 0.25) is 5.91 Å². The van der Waals surface area contributed by atoms with Gasteiger partial charge in [-0.2, -0.15) is 0 Å². The number of halogens is 1. The second-order valence-corrected chi connectivity index (χ2v) is 12.9. The van der Waals surface area contributed by atoms with Crippen molar-refractivity contribution in [2.24, 2.45) is 0 Å². The number of carbonyl (C=O) groups excluding carboxylic acids is 5. The molecule has 38 heavy (non-hydrogen) atoms. The fourth-order valence-electron chi connectivity index (χ4n) is 3.46. The number of amides is 3. The molecule has 0 spiro atoms. The Balaban J connectivity index is 2.97. The Bertz CT molecular complexity index is 1060. The molecule has 0 aromatic heterocycles. The quantitative estimate of drug-likeness (QED) is 0.237. The number of benzene rings is 1. The highest BCUT2D eigenvalue weighted by atomic mass is 79.9. The first-order valence-electron chi connectivity index (χ1n) is 12.5. The van der Waals surface area contributed by atoms with E-state index >= 15 is 0 Å². The van der Waals surface area contributed by atoms with Crippen LogP contribution in [0.4, 0.5) is 5.69 Å². The number of nitrogens with one attached hydrogen (secondary N) is 3. The minimum absolute atomic E-state index is 0.0897. The number of anilines is 1. The van der Waals surface area contributed by atoms with Crippen molar-refractivity contribution in [2.45, 2.75) is 104 Å². The van der Waals surface area contributed by atoms with Gasteiger partial charge in [0.15, 0.2) is 5.78 Å². The van der Waals surface area contributed by atoms with E-state index in [1.54, 1.807) is 20.8 Å². The highest BCUT2D eigenvalue weighted by Crippen LogP contribution is 2.33. The molecule has 0 radical (unpaired) electrons. The van der Waals surface area contributed by atoms with Crippen molar-refractivity contribution in [1.82, 2.24) is 10.6 Å². The Hall–Kier alpha value is -2.75. The first-order chi connectivity index (χ1) is 17.2. The number of ether oxygens (including phenoxy) is 1. The average molecular weight is 597 g/mol. The Labute approximate surface area is 234 Å². The van der Waals surface area contributed by atoms with Crippen LogP contribution in [0.2, 0.25) is 0 Å². The number of Topliss-reactive ketones (excluding diaryl/α,β-unsaturated/α-hetero) is 1. The molecule has 10 heteroatoms. The van der Waals surface area contributed by atoms with Crippen LogP contribution >= 0.6 is 15.9 Å². The number of alkyl halides is 1. The second kappa shape index (κ2) is 12.9. The molecule has 3 amide bonds. The molecule has 0 bridgehead atoms. The van der Waals surface area contributed by atoms with Crippen LogP contribution in [-0.4, -0.2) is 52.5 Å². The topological polar surface area (TPSA) is 131 Å². The number of esters is 1. The summed E-state index contributed by atoms with van der Waals surface area (Å²) in [6.07, 6.45) is -0.367. The van der Waals surface area contributed by atoms with Gasteiger partial charge >= 0.3 is 17.8 Å².